The van der Waals surface area contributed by atoms with Crippen molar-refractivity contribution in [1.82, 2.24) is 10.3 Å². The normalized spacial score (nSPS) is 12.6. The second kappa shape index (κ2) is 5.91. The van der Waals surface area contributed by atoms with E-state index >= 15 is 0 Å². The summed E-state index contributed by atoms with van der Waals surface area (Å²) in [6, 6.07) is 8.16. The average Bonchev–Trinajstić information content (AvgIpc) is 2.81. The van der Waals surface area contributed by atoms with Crippen molar-refractivity contribution < 1.29 is 4.79 Å². The van der Waals surface area contributed by atoms with Crippen molar-refractivity contribution in [2.75, 3.05) is 12.4 Å². The molecule has 0 aliphatic carbocycles. The molecule has 0 saturated heterocycles. The zero-order valence-electron chi connectivity index (χ0n) is 10.4. The van der Waals surface area contributed by atoms with E-state index in [0.29, 0.717) is 12.4 Å². The monoisotopic (exact) mass is 264 g/mol. The summed E-state index contributed by atoms with van der Waals surface area (Å²) in [5.74, 6) is 0.248. The number of benzene rings is 1. The number of H-pyrrole nitrogens is 1. The number of halogens is 1. The molecular formula is C14H17ClN2O. The maximum atomic E-state index is 11.6. The maximum Gasteiger partial charge on any atom is 0.224 e. The van der Waals surface area contributed by atoms with Crippen molar-refractivity contribution in [2.24, 2.45) is 5.92 Å². The molecule has 96 valence electrons. The number of alkyl halides is 1. The first-order valence-corrected chi connectivity index (χ1v) is 6.64. The predicted molar refractivity (Wildman–Crippen MR) is 74.9 cm³/mol. The van der Waals surface area contributed by atoms with Crippen LogP contribution in [0.3, 0.4) is 0 Å². The van der Waals surface area contributed by atoms with Crippen molar-refractivity contribution in [2.45, 2.75) is 13.3 Å². The van der Waals surface area contributed by atoms with Crippen LogP contribution < -0.4 is 5.32 Å². The van der Waals surface area contributed by atoms with E-state index in [1.165, 1.54) is 10.9 Å². The number of hydrogen-bond donors (Lipinski definition) is 2. The van der Waals surface area contributed by atoms with Crippen LogP contribution in [0.5, 0.6) is 0 Å². The lowest BCUT2D eigenvalue weighted by Crippen LogP contribution is -2.31. The molecular weight excluding hydrogens is 248 g/mol. The summed E-state index contributed by atoms with van der Waals surface area (Å²) in [5, 5.41) is 4.12. The first kappa shape index (κ1) is 13.0. The molecule has 0 bridgehead atoms. The molecule has 18 heavy (non-hydrogen) atoms. The summed E-state index contributed by atoms with van der Waals surface area (Å²) in [7, 11) is 0. The summed E-state index contributed by atoms with van der Waals surface area (Å²) < 4.78 is 0. The third kappa shape index (κ3) is 2.85. The molecule has 0 radical (unpaired) electrons. The highest BCUT2D eigenvalue weighted by Gasteiger charge is 2.10. The van der Waals surface area contributed by atoms with Crippen LogP contribution >= 0.6 is 11.6 Å². The van der Waals surface area contributed by atoms with Gasteiger partial charge in [-0.2, -0.15) is 0 Å². The lowest BCUT2D eigenvalue weighted by atomic mass is 10.1. The highest BCUT2D eigenvalue weighted by Crippen LogP contribution is 2.17. The number of aromatic amines is 1. The van der Waals surface area contributed by atoms with Gasteiger partial charge in [0.15, 0.2) is 0 Å². The molecule has 0 aliphatic rings. The molecule has 1 unspecified atom stereocenters. The summed E-state index contributed by atoms with van der Waals surface area (Å²) in [6.07, 6.45) is 2.83. The lowest BCUT2D eigenvalue weighted by molar-refractivity contribution is -0.123. The molecule has 2 aromatic rings. The zero-order chi connectivity index (χ0) is 13.0. The van der Waals surface area contributed by atoms with Crippen molar-refractivity contribution in [3.05, 3.63) is 36.0 Å². The summed E-state index contributed by atoms with van der Waals surface area (Å²) in [6.45, 7) is 2.47. The Morgan fingerprint density at radius 2 is 2.22 bits per heavy atom. The quantitative estimate of drug-likeness (QED) is 0.802. The molecule has 1 aromatic carbocycles. The molecule has 4 heteroatoms. The van der Waals surface area contributed by atoms with Crippen LogP contribution in [0.25, 0.3) is 10.9 Å². The summed E-state index contributed by atoms with van der Waals surface area (Å²) in [5.41, 5.74) is 2.36. The van der Waals surface area contributed by atoms with E-state index in [-0.39, 0.29) is 11.8 Å². The van der Waals surface area contributed by atoms with E-state index < -0.39 is 0 Å². The Hall–Kier alpha value is -1.48. The van der Waals surface area contributed by atoms with Gasteiger partial charge < -0.3 is 10.3 Å². The maximum absolute atomic E-state index is 11.6. The molecule has 1 amide bonds. The molecule has 1 heterocycles. The highest BCUT2D eigenvalue weighted by molar-refractivity contribution is 6.19. The van der Waals surface area contributed by atoms with Crippen molar-refractivity contribution in [3.63, 3.8) is 0 Å². The predicted octanol–water partition coefficient (Wildman–Crippen LogP) is 2.70. The van der Waals surface area contributed by atoms with Crippen LogP contribution in [-0.2, 0) is 11.2 Å². The fourth-order valence-corrected chi connectivity index (χ4v) is 2.04. The number of fused-ring (bicyclic) bond motifs is 1. The van der Waals surface area contributed by atoms with E-state index in [1.807, 2.05) is 31.3 Å². The van der Waals surface area contributed by atoms with Crippen LogP contribution in [0.15, 0.2) is 30.5 Å². The first-order valence-electron chi connectivity index (χ1n) is 6.11. The van der Waals surface area contributed by atoms with Gasteiger partial charge in [0, 0.05) is 35.4 Å². The third-order valence-electron chi connectivity index (χ3n) is 3.05. The Kier molecular flexibility index (Phi) is 4.26. The average molecular weight is 265 g/mol. The molecule has 3 nitrogen and oxygen atoms in total. The zero-order valence-corrected chi connectivity index (χ0v) is 11.1. The van der Waals surface area contributed by atoms with Gasteiger partial charge in [-0.3, -0.25) is 4.79 Å². The van der Waals surface area contributed by atoms with Crippen LogP contribution in [0.2, 0.25) is 0 Å². The molecule has 2 N–H and O–H groups in total. The van der Waals surface area contributed by atoms with E-state index in [1.54, 1.807) is 0 Å². The van der Waals surface area contributed by atoms with Gasteiger partial charge in [0.2, 0.25) is 5.91 Å². The Bertz CT molecular complexity index is 535. The van der Waals surface area contributed by atoms with Gasteiger partial charge >= 0.3 is 0 Å². The Balaban J connectivity index is 1.93. The number of hydrogen-bond acceptors (Lipinski definition) is 1. The number of carbonyl (C=O) groups excluding carboxylic acids is 1. The second-order valence-corrected chi connectivity index (χ2v) is 4.76. The van der Waals surface area contributed by atoms with Crippen LogP contribution in [0, 0.1) is 5.92 Å². The summed E-state index contributed by atoms with van der Waals surface area (Å²) in [4.78, 5) is 14.8. The van der Waals surface area contributed by atoms with Gasteiger partial charge in [0.1, 0.15) is 0 Å². The highest BCUT2D eigenvalue weighted by atomic mass is 35.5. The molecule has 0 spiro atoms. The summed E-state index contributed by atoms with van der Waals surface area (Å²) >= 11 is 5.64. The minimum Gasteiger partial charge on any atom is -0.361 e. The minimum absolute atomic E-state index is 0.0184. The topological polar surface area (TPSA) is 44.9 Å². The van der Waals surface area contributed by atoms with Gasteiger partial charge in [-0.25, -0.2) is 0 Å². The number of aromatic nitrogens is 1. The smallest absolute Gasteiger partial charge is 0.224 e. The van der Waals surface area contributed by atoms with Gasteiger partial charge in [-0.15, -0.1) is 11.6 Å². The van der Waals surface area contributed by atoms with Crippen LogP contribution in [-0.4, -0.2) is 23.3 Å². The Morgan fingerprint density at radius 1 is 1.44 bits per heavy atom. The third-order valence-corrected chi connectivity index (χ3v) is 3.51. The van der Waals surface area contributed by atoms with Crippen LogP contribution in [0.4, 0.5) is 0 Å². The fourth-order valence-electron chi connectivity index (χ4n) is 1.90. The molecule has 2 rings (SSSR count). The molecule has 1 aromatic heterocycles. The first-order chi connectivity index (χ1) is 8.72. The van der Waals surface area contributed by atoms with E-state index in [2.05, 4.69) is 16.4 Å². The standard InChI is InChI=1S/C14H17ClN2O/c1-10(8-15)14(18)16-7-6-11-9-17-13-5-3-2-4-12(11)13/h2-5,9-10,17H,6-8H2,1H3,(H,16,18). The fraction of sp³-hybridized carbons (Fsp3) is 0.357. The number of amides is 1. The molecule has 0 saturated carbocycles. The van der Waals surface area contributed by atoms with Crippen molar-refractivity contribution >= 4 is 28.4 Å². The van der Waals surface area contributed by atoms with Gasteiger partial charge in [0.25, 0.3) is 0 Å². The Labute approximate surface area is 112 Å². The number of carbonyl (C=O) groups is 1. The molecule has 0 fully saturated rings. The number of rotatable bonds is 5. The van der Waals surface area contributed by atoms with Crippen LogP contribution in [0.1, 0.15) is 12.5 Å². The van der Waals surface area contributed by atoms with Crippen molar-refractivity contribution in [3.8, 4) is 0 Å². The van der Waals surface area contributed by atoms with Gasteiger partial charge in [-0.1, -0.05) is 25.1 Å². The van der Waals surface area contributed by atoms with E-state index in [9.17, 15) is 4.79 Å². The molecule has 1 atom stereocenters. The van der Waals surface area contributed by atoms with E-state index in [4.69, 9.17) is 11.6 Å². The Morgan fingerprint density at radius 3 is 3.00 bits per heavy atom. The largest absolute Gasteiger partial charge is 0.361 e. The number of nitrogens with one attached hydrogen (secondary N) is 2. The lowest BCUT2D eigenvalue weighted by Gasteiger charge is -2.08. The second-order valence-electron chi connectivity index (χ2n) is 4.46. The van der Waals surface area contributed by atoms with Crippen molar-refractivity contribution in [1.29, 1.82) is 0 Å². The SMILES string of the molecule is CC(CCl)C(=O)NCCc1c[nH]c2ccccc12. The van der Waals surface area contributed by atoms with Gasteiger partial charge in [0.05, 0.1) is 0 Å². The minimum atomic E-state index is -0.130. The van der Waals surface area contributed by atoms with E-state index in [0.717, 1.165) is 11.9 Å². The molecule has 0 aliphatic heterocycles. The number of para-hydroxylation sites is 1. The van der Waals surface area contributed by atoms with Gasteiger partial charge in [-0.05, 0) is 18.1 Å².